The van der Waals surface area contributed by atoms with E-state index in [0.29, 0.717) is 5.92 Å². The van der Waals surface area contributed by atoms with Gasteiger partial charge in [-0.1, -0.05) is 0 Å². The topological polar surface area (TPSA) is 42.1 Å². The first-order chi connectivity index (χ1) is 8.15. The number of hydrogen-bond donors (Lipinski definition) is 1. The Balaban J connectivity index is 1.89. The number of piperidine rings is 1. The molecule has 1 aliphatic rings. The Kier molecular flexibility index (Phi) is 4.54. The molecule has 2 heterocycles. The molecule has 0 radical (unpaired) electrons. The highest BCUT2D eigenvalue weighted by Crippen LogP contribution is 2.30. The summed E-state index contributed by atoms with van der Waals surface area (Å²) in [5.41, 5.74) is 7.01. The van der Waals surface area contributed by atoms with Gasteiger partial charge in [0.05, 0.1) is 10.7 Å². The molecule has 3 nitrogen and oxygen atoms in total. The van der Waals surface area contributed by atoms with Gasteiger partial charge in [-0.15, -0.1) is 11.3 Å². The molecule has 1 atom stereocenters. The van der Waals surface area contributed by atoms with E-state index in [0.717, 1.165) is 12.8 Å². The van der Waals surface area contributed by atoms with E-state index in [1.807, 2.05) is 11.3 Å². The van der Waals surface area contributed by atoms with Crippen LogP contribution < -0.4 is 5.73 Å². The maximum atomic E-state index is 5.78. The number of nitrogens with two attached hydrogens (primary N) is 1. The van der Waals surface area contributed by atoms with Gasteiger partial charge in [-0.2, -0.15) is 0 Å². The zero-order chi connectivity index (χ0) is 12.3. The normalized spacial score (nSPS) is 20.6. The molecule has 2 N–H and O–H groups in total. The summed E-state index contributed by atoms with van der Waals surface area (Å²) in [4.78, 5) is 7.18. The molecule has 1 aliphatic heterocycles. The molecule has 0 bridgehead atoms. The Morgan fingerprint density at radius 1 is 1.53 bits per heavy atom. The number of thiazole rings is 1. The summed E-state index contributed by atoms with van der Waals surface area (Å²) in [6, 6.07) is 0.281. The van der Waals surface area contributed by atoms with E-state index in [4.69, 9.17) is 10.7 Å². The van der Waals surface area contributed by atoms with Gasteiger partial charge in [0.2, 0.25) is 0 Å². The van der Waals surface area contributed by atoms with Gasteiger partial charge in [0.1, 0.15) is 0 Å². The van der Waals surface area contributed by atoms with E-state index < -0.39 is 0 Å². The molecular weight excluding hydrogens is 230 g/mol. The average molecular weight is 253 g/mol. The second-order valence-electron chi connectivity index (χ2n) is 5.27. The molecule has 0 amide bonds. The highest BCUT2D eigenvalue weighted by molar-refractivity contribution is 7.09. The van der Waals surface area contributed by atoms with Gasteiger partial charge in [0.15, 0.2) is 0 Å². The van der Waals surface area contributed by atoms with Crippen molar-refractivity contribution in [2.45, 2.75) is 44.6 Å². The molecule has 1 unspecified atom stereocenters. The summed E-state index contributed by atoms with van der Waals surface area (Å²) in [6.45, 7) is 4.48. The number of nitrogens with zero attached hydrogens (tertiary/aromatic N) is 2. The van der Waals surface area contributed by atoms with Crippen molar-refractivity contribution in [3.8, 4) is 0 Å². The summed E-state index contributed by atoms with van der Waals surface area (Å²) in [5.74, 6) is 0.695. The summed E-state index contributed by atoms with van der Waals surface area (Å²) in [5, 5.41) is 3.56. The average Bonchev–Trinajstić information content (AvgIpc) is 2.76. The summed E-state index contributed by atoms with van der Waals surface area (Å²) >= 11 is 1.84. The minimum absolute atomic E-state index is 0.281. The molecule has 0 saturated carbocycles. The number of aromatic nitrogens is 1. The van der Waals surface area contributed by atoms with E-state index in [1.165, 1.54) is 36.6 Å². The molecule has 0 aliphatic carbocycles. The first-order valence-electron chi connectivity index (χ1n) is 6.53. The van der Waals surface area contributed by atoms with Gasteiger partial charge in [0, 0.05) is 17.3 Å². The smallest absolute Gasteiger partial charge is 0.0960 e. The zero-order valence-electron chi connectivity index (χ0n) is 10.9. The van der Waals surface area contributed by atoms with Crippen LogP contribution in [0.2, 0.25) is 0 Å². The van der Waals surface area contributed by atoms with Crippen molar-refractivity contribution in [2.24, 2.45) is 5.73 Å². The molecule has 1 saturated heterocycles. The molecule has 4 heteroatoms. The predicted molar refractivity (Wildman–Crippen MR) is 73.6 cm³/mol. The Morgan fingerprint density at radius 2 is 2.24 bits per heavy atom. The fourth-order valence-electron chi connectivity index (χ4n) is 2.26. The minimum atomic E-state index is 0.281. The van der Waals surface area contributed by atoms with E-state index >= 15 is 0 Å². The highest BCUT2D eigenvalue weighted by atomic mass is 32.1. The van der Waals surface area contributed by atoms with Crippen LogP contribution in [0, 0.1) is 0 Å². The SMILES string of the molecule is CC(N)CCc1csc(C2CCN(C)CC2)n1. The summed E-state index contributed by atoms with van der Waals surface area (Å²) in [7, 11) is 2.20. The van der Waals surface area contributed by atoms with Crippen LogP contribution in [0.4, 0.5) is 0 Å². The van der Waals surface area contributed by atoms with E-state index in [2.05, 4.69) is 24.3 Å². The second-order valence-corrected chi connectivity index (χ2v) is 6.16. The molecular formula is C13H23N3S. The Bertz CT molecular complexity index is 340. The molecule has 1 fully saturated rings. The third-order valence-corrected chi connectivity index (χ3v) is 4.55. The zero-order valence-corrected chi connectivity index (χ0v) is 11.7. The van der Waals surface area contributed by atoms with Crippen LogP contribution in [0.3, 0.4) is 0 Å². The molecule has 96 valence electrons. The monoisotopic (exact) mass is 253 g/mol. The molecule has 1 aromatic rings. The largest absolute Gasteiger partial charge is 0.328 e. The van der Waals surface area contributed by atoms with E-state index in [-0.39, 0.29) is 6.04 Å². The third-order valence-electron chi connectivity index (χ3n) is 3.49. The van der Waals surface area contributed by atoms with Gasteiger partial charge in [-0.05, 0) is 52.7 Å². The Morgan fingerprint density at radius 3 is 2.88 bits per heavy atom. The van der Waals surface area contributed by atoms with Crippen LogP contribution in [0.5, 0.6) is 0 Å². The molecule has 2 rings (SSSR count). The van der Waals surface area contributed by atoms with Crippen molar-refractivity contribution in [1.82, 2.24) is 9.88 Å². The van der Waals surface area contributed by atoms with Gasteiger partial charge in [-0.25, -0.2) is 4.98 Å². The maximum Gasteiger partial charge on any atom is 0.0960 e. The Hall–Kier alpha value is -0.450. The van der Waals surface area contributed by atoms with Gasteiger partial charge < -0.3 is 10.6 Å². The first kappa shape index (κ1) is 13.0. The lowest BCUT2D eigenvalue weighted by atomic mass is 9.98. The fraction of sp³-hybridized carbons (Fsp3) is 0.769. The second kappa shape index (κ2) is 5.94. The van der Waals surface area contributed by atoms with Crippen molar-refractivity contribution in [3.05, 3.63) is 16.1 Å². The van der Waals surface area contributed by atoms with Crippen LogP contribution in [0.15, 0.2) is 5.38 Å². The molecule has 0 spiro atoms. The van der Waals surface area contributed by atoms with E-state index in [9.17, 15) is 0 Å². The van der Waals surface area contributed by atoms with Crippen molar-refractivity contribution in [1.29, 1.82) is 0 Å². The van der Waals surface area contributed by atoms with Crippen molar-refractivity contribution in [3.63, 3.8) is 0 Å². The number of aryl methyl sites for hydroxylation is 1. The third kappa shape index (κ3) is 3.76. The molecule has 1 aromatic heterocycles. The van der Waals surface area contributed by atoms with Gasteiger partial charge >= 0.3 is 0 Å². The maximum absolute atomic E-state index is 5.78. The minimum Gasteiger partial charge on any atom is -0.328 e. The summed E-state index contributed by atoms with van der Waals surface area (Å²) in [6.07, 6.45) is 4.59. The lowest BCUT2D eigenvalue weighted by molar-refractivity contribution is 0.255. The van der Waals surface area contributed by atoms with Gasteiger partial charge in [0.25, 0.3) is 0 Å². The predicted octanol–water partition coefficient (Wildman–Crippen LogP) is 2.23. The highest BCUT2D eigenvalue weighted by Gasteiger charge is 2.20. The standard InChI is InChI=1S/C13H23N3S/c1-10(14)3-4-12-9-17-13(15-12)11-5-7-16(2)8-6-11/h9-11H,3-8,14H2,1-2H3. The number of rotatable bonds is 4. The van der Waals surface area contributed by atoms with Crippen LogP contribution in [0.1, 0.15) is 42.8 Å². The quantitative estimate of drug-likeness (QED) is 0.895. The fourth-order valence-corrected chi connectivity index (χ4v) is 3.28. The van der Waals surface area contributed by atoms with Crippen LogP contribution in [-0.4, -0.2) is 36.1 Å². The number of likely N-dealkylation sites (tertiary alicyclic amines) is 1. The van der Waals surface area contributed by atoms with Crippen LogP contribution in [-0.2, 0) is 6.42 Å². The van der Waals surface area contributed by atoms with Crippen LogP contribution in [0.25, 0.3) is 0 Å². The van der Waals surface area contributed by atoms with E-state index in [1.54, 1.807) is 0 Å². The Labute approximate surface area is 108 Å². The lowest BCUT2D eigenvalue weighted by Crippen LogP contribution is -2.29. The van der Waals surface area contributed by atoms with Crippen LogP contribution >= 0.6 is 11.3 Å². The molecule has 17 heavy (non-hydrogen) atoms. The summed E-state index contributed by atoms with van der Waals surface area (Å²) < 4.78 is 0. The lowest BCUT2D eigenvalue weighted by Gasteiger charge is -2.27. The molecule has 0 aromatic carbocycles. The van der Waals surface area contributed by atoms with Crippen molar-refractivity contribution in [2.75, 3.05) is 20.1 Å². The first-order valence-corrected chi connectivity index (χ1v) is 7.41. The number of hydrogen-bond acceptors (Lipinski definition) is 4. The van der Waals surface area contributed by atoms with Crippen molar-refractivity contribution < 1.29 is 0 Å². The van der Waals surface area contributed by atoms with Crippen molar-refractivity contribution >= 4 is 11.3 Å². The van der Waals surface area contributed by atoms with Gasteiger partial charge in [-0.3, -0.25) is 0 Å².